The first kappa shape index (κ1) is 15.0. The van der Waals surface area contributed by atoms with Crippen LogP contribution >= 0.6 is 0 Å². The molecule has 0 unspecified atom stereocenters. The number of benzene rings is 1. The number of ether oxygens (including phenoxy) is 1. The number of aromatic nitrogens is 1. The molecule has 0 radical (unpaired) electrons. The normalized spacial score (nSPS) is 11.5. The Morgan fingerprint density at radius 1 is 1.38 bits per heavy atom. The van der Waals surface area contributed by atoms with Gasteiger partial charge in [0, 0.05) is 22.9 Å². The van der Waals surface area contributed by atoms with Gasteiger partial charge in [-0.1, -0.05) is 12.1 Å². The van der Waals surface area contributed by atoms with Crippen molar-refractivity contribution in [1.29, 1.82) is 0 Å². The lowest BCUT2D eigenvalue weighted by atomic mass is 10.1. The van der Waals surface area contributed by atoms with Crippen LogP contribution in [-0.2, 0) is 9.53 Å². The van der Waals surface area contributed by atoms with Crippen molar-refractivity contribution in [3.05, 3.63) is 47.3 Å². The van der Waals surface area contributed by atoms with Crippen molar-refractivity contribution >= 4 is 22.6 Å². The van der Waals surface area contributed by atoms with E-state index in [-0.39, 0.29) is 5.97 Å². The summed E-state index contributed by atoms with van der Waals surface area (Å²) in [6.45, 7) is 8.04. The van der Waals surface area contributed by atoms with Gasteiger partial charge >= 0.3 is 5.97 Å². The first-order valence-electron chi connectivity index (χ1n) is 7.00. The lowest BCUT2D eigenvalue weighted by Crippen LogP contribution is -2.05. The van der Waals surface area contributed by atoms with E-state index in [2.05, 4.69) is 23.3 Å². The van der Waals surface area contributed by atoms with Gasteiger partial charge in [-0.25, -0.2) is 4.79 Å². The molecule has 0 aliphatic heterocycles. The summed E-state index contributed by atoms with van der Waals surface area (Å²) in [5.41, 5.74) is 4.68. The molecule has 0 saturated heterocycles. The van der Waals surface area contributed by atoms with Gasteiger partial charge in [0.1, 0.15) is 0 Å². The van der Waals surface area contributed by atoms with Gasteiger partial charge in [-0.2, -0.15) is 0 Å². The minimum Gasteiger partial charge on any atom is -0.463 e. The largest absolute Gasteiger partial charge is 0.463 e. The summed E-state index contributed by atoms with van der Waals surface area (Å²) < 4.78 is 4.90. The number of pyridine rings is 1. The number of para-hydroxylation sites is 1. The van der Waals surface area contributed by atoms with Gasteiger partial charge in [0.15, 0.2) is 0 Å². The predicted molar refractivity (Wildman–Crippen MR) is 85.2 cm³/mol. The van der Waals surface area contributed by atoms with Crippen molar-refractivity contribution in [2.75, 3.05) is 11.9 Å². The molecule has 1 heterocycles. The molecule has 4 heteroatoms. The van der Waals surface area contributed by atoms with E-state index in [0.29, 0.717) is 6.61 Å². The zero-order valence-electron chi connectivity index (χ0n) is 12.9. The molecule has 0 fully saturated rings. The highest BCUT2D eigenvalue weighted by molar-refractivity contribution is 5.93. The van der Waals surface area contributed by atoms with Crippen LogP contribution in [0.15, 0.2) is 36.0 Å². The van der Waals surface area contributed by atoms with E-state index in [1.54, 1.807) is 6.92 Å². The number of hydrogen-bond donors (Lipinski definition) is 1. The van der Waals surface area contributed by atoms with Crippen molar-refractivity contribution in [3.8, 4) is 0 Å². The van der Waals surface area contributed by atoms with Gasteiger partial charge in [0.2, 0.25) is 0 Å². The van der Waals surface area contributed by atoms with Gasteiger partial charge in [0.05, 0.1) is 17.8 Å². The average molecular weight is 284 g/mol. The quantitative estimate of drug-likeness (QED) is 0.686. The van der Waals surface area contributed by atoms with E-state index in [1.165, 1.54) is 11.6 Å². The van der Waals surface area contributed by atoms with Gasteiger partial charge in [0.25, 0.3) is 0 Å². The fourth-order valence-electron chi connectivity index (χ4n) is 2.29. The first-order chi connectivity index (χ1) is 10.0. The third-order valence-electron chi connectivity index (χ3n) is 3.13. The molecule has 0 amide bonds. The number of fused-ring (bicyclic) bond motifs is 1. The van der Waals surface area contributed by atoms with Gasteiger partial charge in [-0.3, -0.25) is 4.98 Å². The highest BCUT2D eigenvalue weighted by Crippen LogP contribution is 2.25. The Balaban J connectivity index is 2.37. The summed E-state index contributed by atoms with van der Waals surface area (Å²) >= 11 is 0. The van der Waals surface area contributed by atoms with Crippen LogP contribution in [0, 0.1) is 13.8 Å². The SMILES string of the molecule is CCOC(=O)/C=C(/C)Nc1cccc2c(C)cc(C)nc12. The van der Waals surface area contributed by atoms with Crippen molar-refractivity contribution < 1.29 is 9.53 Å². The van der Waals surface area contributed by atoms with Gasteiger partial charge in [-0.15, -0.1) is 0 Å². The fraction of sp³-hybridized carbons (Fsp3) is 0.294. The molecule has 4 nitrogen and oxygen atoms in total. The number of esters is 1. The number of aryl methyl sites for hydroxylation is 2. The van der Waals surface area contributed by atoms with E-state index in [4.69, 9.17) is 4.74 Å². The maximum atomic E-state index is 11.5. The van der Waals surface area contributed by atoms with E-state index in [1.807, 2.05) is 32.0 Å². The van der Waals surface area contributed by atoms with Crippen LogP contribution in [0.5, 0.6) is 0 Å². The zero-order valence-corrected chi connectivity index (χ0v) is 12.9. The molecule has 2 rings (SSSR count). The number of nitrogens with zero attached hydrogens (tertiary/aromatic N) is 1. The van der Waals surface area contributed by atoms with Crippen LogP contribution in [-0.4, -0.2) is 17.6 Å². The minimum atomic E-state index is -0.344. The van der Waals surface area contributed by atoms with Crippen molar-refractivity contribution in [2.24, 2.45) is 0 Å². The molecule has 1 aromatic carbocycles. The molecule has 2 aromatic rings. The summed E-state index contributed by atoms with van der Waals surface area (Å²) in [4.78, 5) is 16.1. The van der Waals surface area contributed by atoms with Crippen molar-refractivity contribution in [1.82, 2.24) is 4.98 Å². The summed E-state index contributed by atoms with van der Waals surface area (Å²) in [6.07, 6.45) is 1.45. The Bertz CT molecular complexity index is 705. The molecule has 0 bridgehead atoms. The van der Waals surface area contributed by atoms with E-state index < -0.39 is 0 Å². The van der Waals surface area contributed by atoms with Crippen LogP contribution in [0.25, 0.3) is 10.9 Å². The number of carbonyl (C=O) groups excluding carboxylic acids is 1. The zero-order chi connectivity index (χ0) is 15.4. The summed E-state index contributed by atoms with van der Waals surface area (Å²) in [5.74, 6) is -0.344. The highest BCUT2D eigenvalue weighted by atomic mass is 16.5. The molecular formula is C17H20N2O2. The Morgan fingerprint density at radius 3 is 2.86 bits per heavy atom. The Morgan fingerprint density at radius 2 is 2.14 bits per heavy atom. The monoisotopic (exact) mass is 284 g/mol. The fourth-order valence-corrected chi connectivity index (χ4v) is 2.29. The maximum absolute atomic E-state index is 11.5. The standard InChI is InChI=1S/C17H20N2O2/c1-5-21-16(20)10-13(4)18-15-8-6-7-14-11(2)9-12(3)19-17(14)15/h6-10,18H,5H2,1-4H3/b13-10-. The first-order valence-corrected chi connectivity index (χ1v) is 7.00. The third-order valence-corrected chi connectivity index (χ3v) is 3.13. The average Bonchev–Trinajstić information content (AvgIpc) is 2.39. The second kappa shape index (κ2) is 6.39. The minimum absolute atomic E-state index is 0.344. The van der Waals surface area contributed by atoms with Crippen molar-refractivity contribution in [3.63, 3.8) is 0 Å². The molecule has 0 saturated carbocycles. The maximum Gasteiger partial charge on any atom is 0.332 e. The predicted octanol–water partition coefficient (Wildman–Crippen LogP) is 3.73. The molecule has 0 aliphatic rings. The molecule has 0 spiro atoms. The second-order valence-corrected chi connectivity index (χ2v) is 4.99. The topological polar surface area (TPSA) is 51.2 Å². The molecule has 1 aromatic heterocycles. The van der Waals surface area contributed by atoms with Crippen LogP contribution in [0.1, 0.15) is 25.1 Å². The second-order valence-electron chi connectivity index (χ2n) is 4.99. The Labute approximate surface area is 124 Å². The van der Waals surface area contributed by atoms with E-state index in [0.717, 1.165) is 28.0 Å². The van der Waals surface area contributed by atoms with Crippen LogP contribution in [0.2, 0.25) is 0 Å². The van der Waals surface area contributed by atoms with Crippen molar-refractivity contribution in [2.45, 2.75) is 27.7 Å². The van der Waals surface area contributed by atoms with E-state index in [9.17, 15) is 4.79 Å². The molecule has 1 N–H and O–H groups in total. The van der Waals surface area contributed by atoms with Gasteiger partial charge < -0.3 is 10.1 Å². The molecule has 110 valence electrons. The Kier molecular flexibility index (Phi) is 4.58. The smallest absolute Gasteiger partial charge is 0.332 e. The van der Waals surface area contributed by atoms with Crippen LogP contribution in [0.3, 0.4) is 0 Å². The number of rotatable bonds is 4. The molecule has 21 heavy (non-hydrogen) atoms. The number of hydrogen-bond acceptors (Lipinski definition) is 4. The van der Waals surface area contributed by atoms with Crippen LogP contribution < -0.4 is 5.32 Å². The van der Waals surface area contributed by atoms with Gasteiger partial charge in [-0.05, 0) is 45.4 Å². The summed E-state index contributed by atoms with van der Waals surface area (Å²) in [6, 6.07) is 8.04. The molecule has 0 aliphatic carbocycles. The number of carbonyl (C=O) groups is 1. The number of anilines is 1. The lowest BCUT2D eigenvalue weighted by Gasteiger charge is -2.11. The third kappa shape index (κ3) is 3.60. The Hall–Kier alpha value is -2.36. The molecule has 0 atom stereocenters. The molecular weight excluding hydrogens is 264 g/mol. The number of nitrogens with one attached hydrogen (secondary N) is 1. The summed E-state index contributed by atoms with van der Waals surface area (Å²) in [5, 5.41) is 4.33. The summed E-state index contributed by atoms with van der Waals surface area (Å²) in [7, 11) is 0. The highest BCUT2D eigenvalue weighted by Gasteiger charge is 2.06. The van der Waals surface area contributed by atoms with Crippen LogP contribution in [0.4, 0.5) is 5.69 Å². The lowest BCUT2D eigenvalue weighted by molar-refractivity contribution is -0.137. The number of allylic oxidation sites excluding steroid dienone is 1. The van der Waals surface area contributed by atoms with E-state index >= 15 is 0 Å².